The van der Waals surface area contributed by atoms with Gasteiger partial charge in [-0.3, -0.25) is 0 Å². The molecule has 1 unspecified atom stereocenters. The van der Waals surface area contributed by atoms with Gasteiger partial charge in [-0.05, 0) is 0 Å². The first-order valence-corrected chi connectivity index (χ1v) is 14.1. The molecule has 4 fully saturated rings. The average molecular weight is 681 g/mol. The van der Waals surface area contributed by atoms with Crippen LogP contribution in [-0.4, -0.2) is 220 Å². The van der Waals surface area contributed by atoms with Gasteiger partial charge in [-0.1, -0.05) is 0 Å². The average Bonchev–Trinajstić information content (AvgIpc) is 3.03. The van der Waals surface area contributed by atoms with Crippen molar-refractivity contribution in [3.63, 3.8) is 0 Å². The largest absolute Gasteiger partial charge is 0.479 e. The summed E-state index contributed by atoms with van der Waals surface area (Å²) in [5.74, 6) is -1.72. The van der Waals surface area contributed by atoms with E-state index in [0.29, 0.717) is 0 Å². The number of rotatable bonds is 10. The maximum atomic E-state index is 11.4. The third kappa shape index (κ3) is 7.46. The number of hydrogen-bond acceptors (Lipinski definition) is 21. The van der Waals surface area contributed by atoms with Crippen molar-refractivity contribution in [3.8, 4) is 0 Å². The number of carboxylic acid groups (broad SMARTS) is 1. The Hall–Kier alpha value is -1.33. The summed E-state index contributed by atoms with van der Waals surface area (Å²) in [6.45, 7) is -2.49. The molecule has 0 radical (unpaired) electrons. The molecule has 4 rings (SSSR count). The van der Waals surface area contributed by atoms with E-state index in [1.54, 1.807) is 0 Å². The van der Waals surface area contributed by atoms with Crippen LogP contribution in [0.15, 0.2) is 0 Å². The SMILES string of the molecule is O=C(O)[C@H]1O[C@@H](O[C@@H]2[C@H](O)[C@@H](O)[C@@H](OC[C@H]3O[C@@H](O[C@H]4[C@@H](O)[C@@H](CO)OC(O)[C@@H]4O)[C@H](O)[C@@H](O)[C@@H]3O)O[C@@H]2CO)[C@H](O)[C@@H](O)[C@@H]1O. The highest BCUT2D eigenvalue weighted by molar-refractivity contribution is 5.73. The predicted octanol–water partition coefficient (Wildman–Crippen LogP) is -9.66. The lowest BCUT2D eigenvalue weighted by molar-refractivity contribution is -0.370. The molecular formula is C24H40O22. The molecule has 4 aliphatic heterocycles. The Morgan fingerprint density at radius 1 is 0.500 bits per heavy atom. The molecule has 20 atom stereocenters. The van der Waals surface area contributed by atoms with Crippen LogP contribution in [0.4, 0.5) is 0 Å². The van der Waals surface area contributed by atoms with Crippen molar-refractivity contribution in [2.24, 2.45) is 0 Å². The lowest BCUT2D eigenvalue weighted by Gasteiger charge is -2.46. The Bertz CT molecular complexity index is 990. The summed E-state index contributed by atoms with van der Waals surface area (Å²) >= 11 is 0. The van der Waals surface area contributed by atoms with E-state index in [1.165, 1.54) is 0 Å². The first kappa shape index (κ1) is 37.5. The summed E-state index contributed by atoms with van der Waals surface area (Å²) in [5.41, 5.74) is 0. The second-order valence-electron chi connectivity index (χ2n) is 11.2. The van der Waals surface area contributed by atoms with Gasteiger partial charge in [0.2, 0.25) is 0 Å². The molecule has 46 heavy (non-hydrogen) atoms. The van der Waals surface area contributed by atoms with Gasteiger partial charge in [-0.25, -0.2) is 4.79 Å². The van der Waals surface area contributed by atoms with Crippen LogP contribution in [0.25, 0.3) is 0 Å². The predicted molar refractivity (Wildman–Crippen MR) is 134 cm³/mol. The van der Waals surface area contributed by atoms with Crippen molar-refractivity contribution < 1.29 is 109 Å². The summed E-state index contributed by atoms with van der Waals surface area (Å²) in [4.78, 5) is 11.4. The minimum Gasteiger partial charge on any atom is -0.479 e. The van der Waals surface area contributed by atoms with Crippen LogP contribution in [0.5, 0.6) is 0 Å². The van der Waals surface area contributed by atoms with E-state index in [4.69, 9.17) is 33.2 Å². The highest BCUT2D eigenvalue weighted by Crippen LogP contribution is 2.32. The van der Waals surface area contributed by atoms with E-state index in [-0.39, 0.29) is 0 Å². The summed E-state index contributed by atoms with van der Waals surface area (Å²) < 4.78 is 36.9. The second kappa shape index (κ2) is 15.5. The van der Waals surface area contributed by atoms with Gasteiger partial charge in [0.1, 0.15) is 91.6 Å². The van der Waals surface area contributed by atoms with E-state index in [0.717, 1.165) is 0 Å². The molecule has 0 amide bonds. The van der Waals surface area contributed by atoms with Crippen molar-refractivity contribution in [2.45, 2.75) is 123 Å². The quantitative estimate of drug-likeness (QED) is 0.102. The first-order valence-electron chi connectivity index (χ1n) is 14.1. The van der Waals surface area contributed by atoms with Crippen LogP contribution in [0, 0.1) is 0 Å². The zero-order valence-electron chi connectivity index (χ0n) is 23.7. The third-order valence-corrected chi connectivity index (χ3v) is 8.15. The van der Waals surface area contributed by atoms with Crippen LogP contribution < -0.4 is 0 Å². The molecule has 4 aliphatic rings. The Kier molecular flexibility index (Phi) is 12.6. The van der Waals surface area contributed by atoms with Crippen LogP contribution in [0.2, 0.25) is 0 Å². The number of carbonyl (C=O) groups is 1. The van der Waals surface area contributed by atoms with Crippen molar-refractivity contribution in [3.05, 3.63) is 0 Å². The Morgan fingerprint density at radius 3 is 1.61 bits per heavy atom. The molecular weight excluding hydrogens is 640 g/mol. The number of ether oxygens (including phenoxy) is 7. The highest BCUT2D eigenvalue weighted by Gasteiger charge is 2.54. The normalized spacial score (nSPS) is 51.9. The Morgan fingerprint density at radius 2 is 1.02 bits per heavy atom. The van der Waals surface area contributed by atoms with E-state index < -0.39 is 149 Å². The van der Waals surface area contributed by atoms with Gasteiger partial charge >= 0.3 is 5.97 Å². The van der Waals surface area contributed by atoms with E-state index in [1.807, 2.05) is 0 Å². The molecule has 0 aromatic heterocycles. The monoisotopic (exact) mass is 680 g/mol. The smallest absolute Gasteiger partial charge is 0.335 e. The maximum Gasteiger partial charge on any atom is 0.335 e. The van der Waals surface area contributed by atoms with Crippen molar-refractivity contribution in [1.29, 1.82) is 0 Å². The second-order valence-corrected chi connectivity index (χ2v) is 11.2. The standard InChI is InChI=1S/C24H40O22/c25-1-4-8(28)18(16(36)21(39)41-4)45-23-13(33)9(29)7(27)6(43-23)3-40-22-15(35)12(32)17(5(2-26)42-22)44-24-14(34)10(30)11(31)19(46-24)20(37)38/h4-19,21-36,39H,1-3H2,(H,37,38)/t4-,5-,6-,7-,8+,9+,10+,11+,12-,13-,14-,15-,16-,17+,18+,19+,21?,22+,23+,24-/m1/s1. The van der Waals surface area contributed by atoms with Crippen LogP contribution >= 0.6 is 0 Å². The van der Waals surface area contributed by atoms with E-state index in [9.17, 15) is 76.3 Å². The molecule has 4 heterocycles. The highest BCUT2D eigenvalue weighted by atomic mass is 16.8. The third-order valence-electron chi connectivity index (χ3n) is 8.15. The number of aliphatic hydroxyl groups excluding tert-OH is 13. The van der Waals surface area contributed by atoms with Crippen molar-refractivity contribution >= 4 is 5.97 Å². The molecule has 0 bridgehead atoms. The van der Waals surface area contributed by atoms with E-state index in [2.05, 4.69) is 0 Å². The molecule has 0 saturated carbocycles. The summed E-state index contributed by atoms with van der Waals surface area (Å²) in [5, 5.41) is 142. The van der Waals surface area contributed by atoms with Gasteiger partial charge in [0.15, 0.2) is 31.3 Å². The zero-order valence-corrected chi connectivity index (χ0v) is 23.7. The minimum atomic E-state index is -2.06. The lowest BCUT2D eigenvalue weighted by atomic mass is 9.96. The molecule has 0 aromatic carbocycles. The van der Waals surface area contributed by atoms with Gasteiger partial charge in [-0.2, -0.15) is 0 Å². The van der Waals surface area contributed by atoms with Gasteiger partial charge in [0.25, 0.3) is 0 Å². The maximum absolute atomic E-state index is 11.4. The van der Waals surface area contributed by atoms with Gasteiger partial charge < -0.3 is 105 Å². The zero-order chi connectivity index (χ0) is 34.2. The molecule has 22 nitrogen and oxygen atoms in total. The molecule has 268 valence electrons. The molecule has 0 aromatic rings. The molecule has 0 aliphatic carbocycles. The first-order chi connectivity index (χ1) is 21.6. The molecule has 14 N–H and O–H groups in total. The number of hydrogen-bond donors (Lipinski definition) is 14. The van der Waals surface area contributed by atoms with Crippen molar-refractivity contribution in [1.82, 2.24) is 0 Å². The summed E-state index contributed by atoms with van der Waals surface area (Å²) in [7, 11) is 0. The van der Waals surface area contributed by atoms with Crippen LogP contribution in [0.1, 0.15) is 0 Å². The summed E-state index contributed by atoms with van der Waals surface area (Å²) in [6.07, 6.45) is -37.3. The van der Waals surface area contributed by atoms with Gasteiger partial charge in [0, 0.05) is 0 Å². The lowest BCUT2D eigenvalue weighted by Crippen LogP contribution is -2.66. The van der Waals surface area contributed by atoms with Gasteiger partial charge in [-0.15, -0.1) is 0 Å². The van der Waals surface area contributed by atoms with Crippen molar-refractivity contribution in [2.75, 3.05) is 19.8 Å². The molecule has 0 spiro atoms. The molecule has 22 heteroatoms. The minimum absolute atomic E-state index is 0.765. The topological polar surface area (TPSA) is 365 Å². The Balaban J connectivity index is 1.40. The van der Waals surface area contributed by atoms with Gasteiger partial charge in [0.05, 0.1) is 19.8 Å². The Labute approximate surface area is 258 Å². The fourth-order valence-electron chi connectivity index (χ4n) is 5.42. The fraction of sp³-hybridized carbons (Fsp3) is 0.958. The van der Waals surface area contributed by atoms with Crippen LogP contribution in [-0.2, 0) is 38.0 Å². The number of aliphatic hydroxyl groups is 13. The number of aliphatic carboxylic acids is 1. The molecule has 4 saturated heterocycles. The van der Waals surface area contributed by atoms with E-state index >= 15 is 0 Å². The summed E-state index contributed by atoms with van der Waals surface area (Å²) in [6, 6.07) is 0. The fourth-order valence-corrected chi connectivity index (χ4v) is 5.42. The number of carboxylic acids is 1. The van der Waals surface area contributed by atoms with Crippen LogP contribution in [0.3, 0.4) is 0 Å².